The van der Waals surface area contributed by atoms with Gasteiger partial charge in [-0.05, 0) is 43.9 Å². The lowest BCUT2D eigenvalue weighted by atomic mass is 10.0. The van der Waals surface area contributed by atoms with Gasteiger partial charge in [-0.3, -0.25) is 14.4 Å². The summed E-state index contributed by atoms with van der Waals surface area (Å²) in [5, 5.41) is 0.546. The van der Waals surface area contributed by atoms with Crippen molar-refractivity contribution < 1.29 is 32.3 Å². The number of sulfonamides is 1. The Morgan fingerprint density at radius 2 is 1.84 bits per heavy atom. The molecule has 12 heteroatoms. The van der Waals surface area contributed by atoms with E-state index in [0.29, 0.717) is 37.4 Å². The fourth-order valence-corrected chi connectivity index (χ4v) is 6.07. The summed E-state index contributed by atoms with van der Waals surface area (Å²) >= 11 is 6.17. The maximum Gasteiger partial charge on any atom is 0.306 e. The number of piperidine rings is 1. The third kappa shape index (κ3) is 10.2. The molecule has 1 aliphatic heterocycles. The third-order valence-electron chi connectivity index (χ3n) is 6.38. The van der Waals surface area contributed by atoms with Crippen molar-refractivity contribution in [2.45, 2.75) is 58.5 Å². The summed E-state index contributed by atoms with van der Waals surface area (Å²) in [6.45, 7) is 4.90. The minimum atomic E-state index is -3.63. The molecule has 0 unspecified atom stereocenters. The van der Waals surface area contributed by atoms with E-state index in [1.807, 2.05) is 12.1 Å². The van der Waals surface area contributed by atoms with Crippen LogP contribution in [0, 0.1) is 0 Å². The number of hydrogen-bond donors (Lipinski definition) is 0. The topological polar surface area (TPSA) is 114 Å². The van der Waals surface area contributed by atoms with Gasteiger partial charge < -0.3 is 19.3 Å². The standard InChI is InChI=1S/C26H40ClN3O7S/c1-4-17-38(34,35)29(15-16-36-3)20-25(32)30(19-21-7-6-8-22(27)18-21)23-11-13-28(14-12-23)24(31)9-10-26(33)37-5-2/h6-8,18,23H,4-5,9-17,19-20H2,1-3H3. The molecule has 0 aliphatic carbocycles. The number of nitrogens with zero attached hydrogens (tertiary/aromatic N) is 3. The molecule has 1 aliphatic rings. The molecule has 2 rings (SSSR count). The average molecular weight is 574 g/mol. The van der Waals surface area contributed by atoms with Gasteiger partial charge in [-0.25, -0.2) is 8.42 Å². The molecule has 1 fully saturated rings. The van der Waals surface area contributed by atoms with Crippen molar-refractivity contribution in [3.8, 4) is 0 Å². The summed E-state index contributed by atoms with van der Waals surface area (Å²) in [6, 6.07) is 7.03. The quantitative estimate of drug-likeness (QED) is 0.296. The van der Waals surface area contributed by atoms with E-state index in [1.54, 1.807) is 35.8 Å². The molecule has 38 heavy (non-hydrogen) atoms. The molecule has 0 aromatic heterocycles. The van der Waals surface area contributed by atoms with E-state index in [2.05, 4.69) is 0 Å². The van der Waals surface area contributed by atoms with Crippen LogP contribution in [-0.2, 0) is 40.4 Å². The number of amides is 2. The van der Waals surface area contributed by atoms with Crippen LogP contribution in [0.3, 0.4) is 0 Å². The molecular weight excluding hydrogens is 534 g/mol. The van der Waals surface area contributed by atoms with Crippen molar-refractivity contribution >= 4 is 39.4 Å². The second-order valence-electron chi connectivity index (χ2n) is 9.21. The lowest BCUT2D eigenvalue weighted by molar-refractivity contribution is -0.146. The van der Waals surface area contributed by atoms with E-state index in [9.17, 15) is 22.8 Å². The first-order valence-electron chi connectivity index (χ1n) is 13.0. The van der Waals surface area contributed by atoms with Gasteiger partial charge in [0, 0.05) is 50.8 Å². The van der Waals surface area contributed by atoms with Gasteiger partial charge in [0.05, 0.1) is 31.9 Å². The van der Waals surface area contributed by atoms with Gasteiger partial charge in [-0.2, -0.15) is 4.31 Å². The first kappa shape index (κ1) is 32.0. The molecule has 0 saturated carbocycles. The Kier molecular flexibility index (Phi) is 13.5. The summed E-state index contributed by atoms with van der Waals surface area (Å²) in [5.74, 6) is -0.886. The number of rotatable bonds is 15. The summed E-state index contributed by atoms with van der Waals surface area (Å²) in [5.41, 5.74) is 0.832. The highest BCUT2D eigenvalue weighted by molar-refractivity contribution is 7.89. The number of methoxy groups -OCH3 is 1. The Balaban J connectivity index is 2.15. The Morgan fingerprint density at radius 3 is 2.45 bits per heavy atom. The van der Waals surface area contributed by atoms with E-state index >= 15 is 0 Å². The van der Waals surface area contributed by atoms with Gasteiger partial charge in [0.25, 0.3) is 0 Å². The normalized spacial score (nSPS) is 14.5. The van der Waals surface area contributed by atoms with Crippen molar-refractivity contribution in [1.82, 2.24) is 14.1 Å². The lowest BCUT2D eigenvalue weighted by Crippen LogP contribution is -2.51. The largest absolute Gasteiger partial charge is 0.466 e. The zero-order valence-electron chi connectivity index (χ0n) is 22.6. The number of carbonyl (C=O) groups excluding carboxylic acids is 3. The van der Waals surface area contributed by atoms with Crippen LogP contribution in [0.4, 0.5) is 0 Å². The Morgan fingerprint density at radius 1 is 1.13 bits per heavy atom. The Hall–Kier alpha value is -2.21. The van der Waals surface area contributed by atoms with E-state index in [1.165, 1.54) is 11.4 Å². The smallest absolute Gasteiger partial charge is 0.306 e. The summed E-state index contributed by atoms with van der Waals surface area (Å²) in [7, 11) is -2.14. The highest BCUT2D eigenvalue weighted by atomic mass is 35.5. The highest BCUT2D eigenvalue weighted by Crippen LogP contribution is 2.22. The molecule has 10 nitrogen and oxygen atoms in total. The van der Waals surface area contributed by atoms with Crippen LogP contribution in [0.25, 0.3) is 0 Å². The van der Waals surface area contributed by atoms with E-state index in [0.717, 1.165) is 5.56 Å². The molecule has 1 aromatic rings. The van der Waals surface area contributed by atoms with Gasteiger partial charge >= 0.3 is 5.97 Å². The molecule has 1 aromatic carbocycles. The van der Waals surface area contributed by atoms with Gasteiger partial charge in [0.1, 0.15) is 0 Å². The first-order chi connectivity index (χ1) is 18.1. The number of benzene rings is 1. The molecule has 2 amide bonds. The van der Waals surface area contributed by atoms with Crippen molar-refractivity contribution in [2.24, 2.45) is 0 Å². The molecule has 0 atom stereocenters. The van der Waals surface area contributed by atoms with E-state index in [4.69, 9.17) is 21.1 Å². The minimum absolute atomic E-state index is 0.0372. The SMILES string of the molecule is CCCS(=O)(=O)N(CCOC)CC(=O)N(Cc1cccc(Cl)c1)C1CCN(C(=O)CCC(=O)OCC)CC1. The number of carbonyl (C=O) groups is 3. The van der Waals surface area contributed by atoms with E-state index < -0.39 is 16.0 Å². The lowest BCUT2D eigenvalue weighted by Gasteiger charge is -2.39. The Labute approximate surface area is 231 Å². The van der Waals surface area contributed by atoms with Crippen LogP contribution >= 0.6 is 11.6 Å². The maximum atomic E-state index is 13.6. The number of ether oxygens (including phenoxy) is 2. The third-order valence-corrected chi connectivity index (χ3v) is 8.64. The van der Waals surface area contributed by atoms with Crippen LogP contribution in [0.5, 0.6) is 0 Å². The van der Waals surface area contributed by atoms with Crippen LogP contribution in [0.2, 0.25) is 5.02 Å². The fourth-order valence-electron chi connectivity index (χ4n) is 4.42. The molecule has 1 heterocycles. The predicted molar refractivity (Wildman–Crippen MR) is 145 cm³/mol. The summed E-state index contributed by atoms with van der Waals surface area (Å²) in [4.78, 5) is 41.2. The Bertz CT molecular complexity index is 1030. The maximum absolute atomic E-state index is 13.6. The molecule has 214 valence electrons. The van der Waals surface area contributed by atoms with Crippen LogP contribution in [0.15, 0.2) is 24.3 Å². The number of hydrogen-bond acceptors (Lipinski definition) is 7. The van der Waals surface area contributed by atoms with Crippen molar-refractivity contribution in [1.29, 1.82) is 0 Å². The van der Waals surface area contributed by atoms with Crippen LogP contribution in [-0.4, -0.2) is 98.6 Å². The molecule has 0 spiro atoms. The molecule has 0 radical (unpaired) electrons. The van der Waals surface area contributed by atoms with Gasteiger partial charge in [0.15, 0.2) is 0 Å². The van der Waals surface area contributed by atoms with Gasteiger partial charge in [0.2, 0.25) is 21.8 Å². The molecular formula is C26H40ClN3O7S. The minimum Gasteiger partial charge on any atom is -0.466 e. The molecule has 0 bridgehead atoms. The van der Waals surface area contributed by atoms with Crippen molar-refractivity contribution in [2.75, 3.05) is 52.3 Å². The first-order valence-corrected chi connectivity index (χ1v) is 15.0. The predicted octanol–water partition coefficient (Wildman–Crippen LogP) is 2.69. The second-order valence-corrected chi connectivity index (χ2v) is 11.7. The van der Waals surface area contributed by atoms with Crippen molar-refractivity contribution in [3.63, 3.8) is 0 Å². The zero-order valence-corrected chi connectivity index (χ0v) is 24.1. The monoisotopic (exact) mass is 573 g/mol. The number of halogens is 1. The van der Waals surface area contributed by atoms with Crippen LogP contribution in [0.1, 0.15) is 51.5 Å². The highest BCUT2D eigenvalue weighted by Gasteiger charge is 2.32. The second kappa shape index (κ2) is 16.0. The van der Waals surface area contributed by atoms with Gasteiger partial charge in [-0.1, -0.05) is 30.7 Å². The van der Waals surface area contributed by atoms with Gasteiger partial charge in [-0.15, -0.1) is 0 Å². The molecule has 0 N–H and O–H groups in total. The summed E-state index contributed by atoms with van der Waals surface area (Å²) < 4.78 is 36.9. The summed E-state index contributed by atoms with van der Waals surface area (Å²) in [6.07, 6.45) is 1.64. The average Bonchev–Trinajstić information content (AvgIpc) is 2.88. The fraction of sp³-hybridized carbons (Fsp3) is 0.654. The zero-order chi connectivity index (χ0) is 28.1. The number of esters is 1. The van der Waals surface area contributed by atoms with E-state index in [-0.39, 0.29) is 69.3 Å². The molecule has 1 saturated heterocycles. The number of likely N-dealkylation sites (tertiary alicyclic amines) is 1. The van der Waals surface area contributed by atoms with Crippen LogP contribution < -0.4 is 0 Å². The van der Waals surface area contributed by atoms with Crippen molar-refractivity contribution in [3.05, 3.63) is 34.9 Å².